The molecule has 0 aromatic rings. The molecule has 0 saturated heterocycles. The van der Waals surface area contributed by atoms with Gasteiger partial charge in [0.1, 0.15) is 13.2 Å². The van der Waals surface area contributed by atoms with Crippen LogP contribution < -0.4 is 0 Å². The minimum absolute atomic E-state index is 0.0821. The van der Waals surface area contributed by atoms with Gasteiger partial charge in [0.2, 0.25) is 0 Å². The minimum Gasteiger partial charge on any atom is -0.462 e. The Bertz CT molecular complexity index is 1410. The van der Waals surface area contributed by atoms with Gasteiger partial charge in [0.15, 0.2) is 6.10 Å². The van der Waals surface area contributed by atoms with Gasteiger partial charge in [-0.2, -0.15) is 0 Å². The third-order valence-corrected chi connectivity index (χ3v) is 12.6. The van der Waals surface area contributed by atoms with Crippen molar-refractivity contribution in [3.63, 3.8) is 0 Å². The Hall–Kier alpha value is -3.67. The van der Waals surface area contributed by atoms with Crippen LogP contribution in [-0.2, 0) is 28.6 Å². The zero-order valence-corrected chi connectivity index (χ0v) is 46.5. The molecule has 6 nitrogen and oxygen atoms in total. The fourth-order valence-corrected chi connectivity index (χ4v) is 8.12. The van der Waals surface area contributed by atoms with Crippen LogP contribution in [0.2, 0.25) is 0 Å². The van der Waals surface area contributed by atoms with Crippen LogP contribution >= 0.6 is 0 Å². The number of allylic oxidation sites excluding steroid dienone is 16. The summed E-state index contributed by atoms with van der Waals surface area (Å²) in [6.07, 6.45) is 78.6. The third kappa shape index (κ3) is 57.1. The lowest BCUT2D eigenvalue weighted by atomic mass is 10.1. The van der Waals surface area contributed by atoms with Crippen LogP contribution in [-0.4, -0.2) is 37.2 Å². The van der Waals surface area contributed by atoms with Gasteiger partial charge in [-0.3, -0.25) is 14.4 Å². The number of hydrogen-bond donors (Lipinski definition) is 0. The molecule has 0 amide bonds. The molecule has 0 spiro atoms. The Kier molecular flexibility index (Phi) is 55.9. The van der Waals surface area contributed by atoms with Crippen molar-refractivity contribution < 1.29 is 28.6 Å². The monoisotopic (exact) mass is 987 g/mol. The number of hydrogen-bond acceptors (Lipinski definition) is 6. The molecule has 0 rings (SSSR count). The molecular formula is C65H110O6. The molecule has 6 heteroatoms. The third-order valence-electron chi connectivity index (χ3n) is 12.6. The highest BCUT2D eigenvalue weighted by molar-refractivity contribution is 5.71. The molecule has 0 aromatic carbocycles. The van der Waals surface area contributed by atoms with E-state index in [0.29, 0.717) is 19.3 Å². The van der Waals surface area contributed by atoms with Gasteiger partial charge < -0.3 is 14.2 Å². The second kappa shape index (κ2) is 58.9. The second-order valence-electron chi connectivity index (χ2n) is 19.5. The van der Waals surface area contributed by atoms with Crippen LogP contribution in [0.4, 0.5) is 0 Å². The Morgan fingerprint density at radius 1 is 0.296 bits per heavy atom. The summed E-state index contributed by atoms with van der Waals surface area (Å²) in [6.45, 7) is 6.46. The zero-order chi connectivity index (χ0) is 51.4. The van der Waals surface area contributed by atoms with Crippen molar-refractivity contribution in [2.24, 2.45) is 0 Å². The summed E-state index contributed by atoms with van der Waals surface area (Å²) in [4.78, 5) is 37.9. The Balaban J connectivity index is 4.16. The fourth-order valence-electron chi connectivity index (χ4n) is 8.12. The number of ether oxygens (including phenoxy) is 3. The van der Waals surface area contributed by atoms with E-state index in [1.165, 1.54) is 128 Å². The largest absolute Gasteiger partial charge is 0.462 e. The molecule has 0 aliphatic carbocycles. The summed E-state index contributed by atoms with van der Waals surface area (Å²) in [5, 5.41) is 0. The molecule has 0 fully saturated rings. The molecule has 0 radical (unpaired) electrons. The van der Waals surface area contributed by atoms with Crippen molar-refractivity contribution in [2.45, 2.75) is 284 Å². The van der Waals surface area contributed by atoms with Crippen LogP contribution in [0.3, 0.4) is 0 Å². The second-order valence-corrected chi connectivity index (χ2v) is 19.5. The minimum atomic E-state index is -0.781. The number of rotatable bonds is 53. The van der Waals surface area contributed by atoms with Crippen molar-refractivity contribution in [3.8, 4) is 0 Å². The maximum Gasteiger partial charge on any atom is 0.306 e. The van der Waals surface area contributed by atoms with Crippen molar-refractivity contribution in [1.29, 1.82) is 0 Å². The molecule has 0 aliphatic rings. The topological polar surface area (TPSA) is 78.9 Å². The van der Waals surface area contributed by atoms with Crippen molar-refractivity contribution in [1.82, 2.24) is 0 Å². The van der Waals surface area contributed by atoms with Crippen LogP contribution in [0.1, 0.15) is 278 Å². The zero-order valence-electron chi connectivity index (χ0n) is 46.5. The molecule has 0 aliphatic heterocycles. The first kappa shape index (κ1) is 67.3. The lowest BCUT2D eigenvalue weighted by molar-refractivity contribution is -0.167. The van der Waals surface area contributed by atoms with Gasteiger partial charge in [0.05, 0.1) is 0 Å². The molecule has 0 aromatic heterocycles. The van der Waals surface area contributed by atoms with Gasteiger partial charge in [-0.25, -0.2) is 0 Å². The van der Waals surface area contributed by atoms with Crippen molar-refractivity contribution in [2.75, 3.05) is 13.2 Å². The van der Waals surface area contributed by atoms with Crippen LogP contribution in [0.5, 0.6) is 0 Å². The predicted molar refractivity (Wildman–Crippen MR) is 307 cm³/mol. The molecule has 71 heavy (non-hydrogen) atoms. The summed E-state index contributed by atoms with van der Waals surface area (Å²) < 4.78 is 16.8. The van der Waals surface area contributed by atoms with Gasteiger partial charge in [-0.1, -0.05) is 253 Å². The molecule has 0 bridgehead atoms. The van der Waals surface area contributed by atoms with E-state index in [1.54, 1.807) is 0 Å². The van der Waals surface area contributed by atoms with Gasteiger partial charge in [-0.05, 0) is 103 Å². The summed E-state index contributed by atoms with van der Waals surface area (Å²) >= 11 is 0. The molecule has 1 atom stereocenters. The van der Waals surface area contributed by atoms with Gasteiger partial charge >= 0.3 is 17.9 Å². The smallest absolute Gasteiger partial charge is 0.306 e. The maximum atomic E-state index is 12.8. The van der Waals surface area contributed by atoms with Crippen molar-refractivity contribution >= 4 is 17.9 Å². The van der Waals surface area contributed by atoms with Crippen LogP contribution in [0, 0.1) is 0 Å². The Morgan fingerprint density at radius 3 is 0.873 bits per heavy atom. The average Bonchev–Trinajstić information content (AvgIpc) is 3.37. The molecule has 0 saturated carbocycles. The Morgan fingerprint density at radius 2 is 0.549 bits per heavy atom. The highest BCUT2D eigenvalue weighted by atomic mass is 16.6. The molecule has 406 valence electrons. The number of carbonyl (C=O) groups is 3. The normalized spacial score (nSPS) is 12.8. The first-order valence-electron chi connectivity index (χ1n) is 29.7. The van der Waals surface area contributed by atoms with Crippen LogP contribution in [0.25, 0.3) is 0 Å². The van der Waals surface area contributed by atoms with E-state index in [4.69, 9.17) is 14.2 Å². The maximum absolute atomic E-state index is 12.8. The first-order valence-corrected chi connectivity index (χ1v) is 29.7. The summed E-state index contributed by atoms with van der Waals surface area (Å²) in [5.41, 5.74) is 0. The number of unbranched alkanes of at least 4 members (excludes halogenated alkanes) is 26. The molecule has 0 heterocycles. The SMILES string of the molecule is CC/C=C\C/C=C\C/C=C\C/C=C\C/C=C\C/C=C\C/C=C\CCCCCCCCCC(=O)OCC(COC(=O)CCCCCCCC)OC(=O)CCCCCCCCC/C=C\CCCCCCCCC. The predicted octanol–water partition coefficient (Wildman–Crippen LogP) is 20.1. The number of carbonyl (C=O) groups excluding carboxylic acids is 3. The van der Waals surface area contributed by atoms with E-state index in [2.05, 4.69) is 118 Å². The quantitative estimate of drug-likeness (QED) is 0.0261. The van der Waals surface area contributed by atoms with Gasteiger partial charge in [0.25, 0.3) is 0 Å². The van der Waals surface area contributed by atoms with Crippen LogP contribution in [0.15, 0.2) is 97.2 Å². The van der Waals surface area contributed by atoms with E-state index >= 15 is 0 Å². The van der Waals surface area contributed by atoms with Crippen molar-refractivity contribution in [3.05, 3.63) is 97.2 Å². The standard InChI is InChI=1S/C65H110O6/c1-4-7-10-13-16-18-20-22-24-26-28-29-30-31-32-33-34-35-36-37-38-40-41-43-45-47-49-52-55-58-64(67)70-61-62(60-69-63(66)57-54-51-15-12-9-6-3)71-65(68)59-56-53-50-48-46-44-42-39-27-25-23-21-19-17-14-11-8-5-2/h7,10,16,18,22,24-25,27-29,31-32,34-35,37-38,62H,4-6,8-9,11-15,17,19-21,23,26,30,33,36,39-61H2,1-3H3/b10-7-,18-16-,24-22-,27-25-,29-28-,32-31-,35-34-,38-37-. The fraction of sp³-hybridized carbons (Fsp3) is 0.708. The highest BCUT2D eigenvalue weighted by Gasteiger charge is 2.19. The van der Waals surface area contributed by atoms with E-state index in [0.717, 1.165) is 109 Å². The highest BCUT2D eigenvalue weighted by Crippen LogP contribution is 2.15. The molecule has 0 N–H and O–H groups in total. The Labute approximate surface area is 438 Å². The van der Waals surface area contributed by atoms with Gasteiger partial charge in [0, 0.05) is 19.3 Å². The van der Waals surface area contributed by atoms with Gasteiger partial charge in [-0.15, -0.1) is 0 Å². The lowest BCUT2D eigenvalue weighted by Crippen LogP contribution is -2.30. The number of esters is 3. The van der Waals surface area contributed by atoms with E-state index in [9.17, 15) is 14.4 Å². The summed E-state index contributed by atoms with van der Waals surface area (Å²) in [6, 6.07) is 0. The average molecular weight is 988 g/mol. The first-order chi connectivity index (χ1) is 35.0. The van der Waals surface area contributed by atoms with E-state index in [1.807, 2.05) is 0 Å². The van der Waals surface area contributed by atoms with E-state index < -0.39 is 6.10 Å². The molecule has 1 unspecified atom stereocenters. The summed E-state index contributed by atoms with van der Waals surface area (Å²) in [7, 11) is 0. The van der Waals surface area contributed by atoms with E-state index in [-0.39, 0.29) is 31.1 Å². The lowest BCUT2D eigenvalue weighted by Gasteiger charge is -2.18. The summed E-state index contributed by atoms with van der Waals surface area (Å²) in [5.74, 6) is -0.904. The molecular weight excluding hydrogens is 877 g/mol.